The molecule has 0 aromatic heterocycles. The summed E-state index contributed by atoms with van der Waals surface area (Å²) in [6.45, 7) is 3.34. The van der Waals surface area contributed by atoms with Crippen LogP contribution >= 0.6 is 0 Å². The van der Waals surface area contributed by atoms with Crippen molar-refractivity contribution in [3.63, 3.8) is 0 Å². The number of sulfonamides is 1. The van der Waals surface area contributed by atoms with Crippen LogP contribution < -0.4 is 0 Å². The first-order valence-electron chi connectivity index (χ1n) is 6.66. The van der Waals surface area contributed by atoms with Crippen LogP contribution in [0.4, 0.5) is 5.69 Å². The molecule has 9 heteroatoms. The van der Waals surface area contributed by atoms with E-state index in [1.54, 1.807) is 13.8 Å². The zero-order chi connectivity index (χ0) is 16.7. The molecule has 120 valence electrons. The second kappa shape index (κ2) is 5.65. The van der Waals surface area contributed by atoms with Gasteiger partial charge in [0.2, 0.25) is 0 Å². The summed E-state index contributed by atoms with van der Waals surface area (Å²) in [4.78, 5) is 21.1. The molecule has 2 rings (SSSR count). The van der Waals surface area contributed by atoms with Crippen molar-refractivity contribution in [3.8, 4) is 0 Å². The minimum Gasteiger partial charge on any atom is -0.480 e. The number of carbonyl (C=O) groups is 1. The lowest BCUT2D eigenvalue weighted by atomic mass is 10.1. The summed E-state index contributed by atoms with van der Waals surface area (Å²) in [6, 6.07) is 1.26. The van der Waals surface area contributed by atoms with Gasteiger partial charge in [0.05, 0.1) is 4.92 Å². The molecule has 1 aliphatic heterocycles. The molecule has 1 aliphatic rings. The Bertz CT molecular complexity index is 743. The zero-order valence-corrected chi connectivity index (χ0v) is 13.0. The molecule has 0 radical (unpaired) electrons. The maximum Gasteiger partial charge on any atom is 0.322 e. The minimum atomic E-state index is -4.24. The third-order valence-corrected chi connectivity index (χ3v) is 5.78. The van der Waals surface area contributed by atoms with Crippen LogP contribution in [0.15, 0.2) is 17.0 Å². The van der Waals surface area contributed by atoms with E-state index < -0.39 is 37.5 Å². The van der Waals surface area contributed by atoms with Gasteiger partial charge in [-0.25, -0.2) is 8.42 Å². The SMILES string of the molecule is Cc1cc([N+](=O)[O-])c(S(=O)(=O)N2CCCC2C(=O)O)cc1C. The van der Waals surface area contributed by atoms with E-state index in [1.165, 1.54) is 12.1 Å². The maximum atomic E-state index is 12.7. The van der Waals surface area contributed by atoms with Crippen LogP contribution in [0.25, 0.3) is 0 Å². The molecule has 0 bridgehead atoms. The molecule has 1 saturated heterocycles. The average Bonchev–Trinajstić information content (AvgIpc) is 2.91. The van der Waals surface area contributed by atoms with E-state index in [4.69, 9.17) is 5.11 Å². The molecule has 1 unspecified atom stereocenters. The number of carboxylic acid groups (broad SMARTS) is 1. The first-order chi connectivity index (χ1) is 10.2. The molecule has 0 aliphatic carbocycles. The molecular weight excluding hydrogens is 312 g/mol. The molecule has 0 spiro atoms. The summed E-state index contributed by atoms with van der Waals surface area (Å²) in [5.74, 6) is -1.24. The topological polar surface area (TPSA) is 118 Å². The van der Waals surface area contributed by atoms with Gasteiger partial charge < -0.3 is 5.11 Å². The van der Waals surface area contributed by atoms with Crippen LogP contribution in [0.2, 0.25) is 0 Å². The van der Waals surface area contributed by atoms with Crippen molar-refractivity contribution in [2.75, 3.05) is 6.54 Å². The Balaban J connectivity index is 2.61. The molecule has 1 fully saturated rings. The van der Waals surface area contributed by atoms with Crippen molar-refractivity contribution in [1.82, 2.24) is 4.31 Å². The summed E-state index contributed by atoms with van der Waals surface area (Å²) in [6.07, 6.45) is 0.613. The Morgan fingerprint density at radius 1 is 1.36 bits per heavy atom. The first-order valence-corrected chi connectivity index (χ1v) is 8.10. The fraction of sp³-hybridized carbons (Fsp3) is 0.462. The fourth-order valence-corrected chi connectivity index (χ4v) is 4.40. The predicted molar refractivity (Wildman–Crippen MR) is 77.1 cm³/mol. The molecule has 0 amide bonds. The molecule has 22 heavy (non-hydrogen) atoms. The number of aryl methyl sites for hydroxylation is 2. The lowest BCUT2D eigenvalue weighted by Crippen LogP contribution is -2.40. The Morgan fingerprint density at radius 2 is 1.95 bits per heavy atom. The van der Waals surface area contributed by atoms with E-state index in [9.17, 15) is 23.3 Å². The highest BCUT2D eigenvalue weighted by molar-refractivity contribution is 7.89. The molecule has 8 nitrogen and oxygen atoms in total. The Morgan fingerprint density at radius 3 is 2.50 bits per heavy atom. The van der Waals surface area contributed by atoms with Gasteiger partial charge in [0, 0.05) is 12.6 Å². The maximum absolute atomic E-state index is 12.7. The summed E-state index contributed by atoms with van der Waals surface area (Å²) >= 11 is 0. The second-order valence-corrected chi connectivity index (χ2v) is 7.13. The van der Waals surface area contributed by atoms with Crippen LogP contribution in [-0.4, -0.2) is 41.3 Å². The Labute approximate surface area is 127 Å². The van der Waals surface area contributed by atoms with Crippen LogP contribution in [0.5, 0.6) is 0 Å². The normalized spacial score (nSPS) is 19.3. The van der Waals surface area contributed by atoms with Crippen LogP contribution in [-0.2, 0) is 14.8 Å². The monoisotopic (exact) mass is 328 g/mol. The van der Waals surface area contributed by atoms with Gasteiger partial charge in [-0.3, -0.25) is 14.9 Å². The van der Waals surface area contributed by atoms with Crippen LogP contribution in [0, 0.1) is 24.0 Å². The van der Waals surface area contributed by atoms with E-state index in [2.05, 4.69) is 0 Å². The van der Waals surface area contributed by atoms with Crippen molar-refractivity contribution in [3.05, 3.63) is 33.4 Å². The zero-order valence-electron chi connectivity index (χ0n) is 12.1. The molecule has 1 heterocycles. The first kappa shape index (κ1) is 16.4. The molecule has 1 N–H and O–H groups in total. The van der Waals surface area contributed by atoms with Crippen molar-refractivity contribution < 1.29 is 23.2 Å². The van der Waals surface area contributed by atoms with E-state index in [1.807, 2.05) is 0 Å². The Kier molecular flexibility index (Phi) is 4.21. The number of hydrogen-bond acceptors (Lipinski definition) is 5. The summed E-state index contributed by atoms with van der Waals surface area (Å²) < 4.78 is 26.2. The molecule has 1 atom stereocenters. The number of nitrogens with zero attached hydrogens (tertiary/aromatic N) is 2. The quantitative estimate of drug-likeness (QED) is 0.660. The number of carboxylic acids is 1. The van der Waals surface area contributed by atoms with E-state index in [0.717, 1.165) is 4.31 Å². The van der Waals surface area contributed by atoms with Crippen LogP contribution in [0.1, 0.15) is 24.0 Å². The number of benzene rings is 1. The van der Waals surface area contributed by atoms with Gasteiger partial charge in [0.1, 0.15) is 6.04 Å². The highest BCUT2D eigenvalue weighted by Gasteiger charge is 2.42. The van der Waals surface area contributed by atoms with Gasteiger partial charge in [-0.1, -0.05) is 0 Å². The summed E-state index contributed by atoms with van der Waals surface area (Å²) in [7, 11) is -4.24. The predicted octanol–water partition coefficient (Wildman–Crippen LogP) is 1.45. The van der Waals surface area contributed by atoms with Gasteiger partial charge in [-0.2, -0.15) is 4.31 Å². The number of nitro groups is 1. The molecular formula is C13H16N2O6S. The highest BCUT2D eigenvalue weighted by Crippen LogP contribution is 2.33. The van der Waals surface area contributed by atoms with Gasteiger partial charge >= 0.3 is 5.97 Å². The van der Waals surface area contributed by atoms with Crippen molar-refractivity contribution >= 4 is 21.7 Å². The number of hydrogen-bond donors (Lipinski definition) is 1. The van der Waals surface area contributed by atoms with Crippen molar-refractivity contribution in [1.29, 1.82) is 0 Å². The summed E-state index contributed by atoms with van der Waals surface area (Å²) in [5, 5.41) is 20.3. The lowest BCUT2D eigenvalue weighted by molar-refractivity contribution is -0.387. The number of nitro benzene ring substituents is 1. The van der Waals surface area contributed by atoms with Crippen molar-refractivity contribution in [2.45, 2.75) is 37.6 Å². The van der Waals surface area contributed by atoms with Crippen LogP contribution in [0.3, 0.4) is 0 Å². The van der Waals surface area contributed by atoms with E-state index in [0.29, 0.717) is 17.5 Å². The Hall–Kier alpha value is -2.00. The molecule has 1 aromatic rings. The molecule has 0 saturated carbocycles. The third-order valence-electron chi connectivity index (χ3n) is 3.85. The van der Waals surface area contributed by atoms with Gasteiger partial charge in [-0.15, -0.1) is 0 Å². The largest absolute Gasteiger partial charge is 0.480 e. The third kappa shape index (κ3) is 2.69. The second-order valence-electron chi connectivity index (χ2n) is 5.27. The van der Waals surface area contributed by atoms with Gasteiger partial charge in [0.25, 0.3) is 15.7 Å². The van der Waals surface area contributed by atoms with Gasteiger partial charge in [0.15, 0.2) is 4.90 Å². The van der Waals surface area contributed by atoms with Gasteiger partial charge in [-0.05, 0) is 43.9 Å². The number of aliphatic carboxylic acids is 1. The average molecular weight is 328 g/mol. The minimum absolute atomic E-state index is 0.0450. The van der Waals surface area contributed by atoms with E-state index in [-0.39, 0.29) is 13.0 Å². The summed E-state index contributed by atoms with van der Waals surface area (Å²) in [5.41, 5.74) is 0.663. The highest BCUT2D eigenvalue weighted by atomic mass is 32.2. The number of rotatable bonds is 4. The standard InChI is InChI=1S/C13H16N2O6S/c1-8-6-11(15(18)19)12(7-9(8)2)22(20,21)14-5-3-4-10(14)13(16)17/h6-7,10H,3-5H2,1-2H3,(H,16,17). The van der Waals surface area contributed by atoms with Crippen molar-refractivity contribution in [2.24, 2.45) is 0 Å². The molecule has 1 aromatic carbocycles. The fourth-order valence-electron chi connectivity index (χ4n) is 2.52. The van der Waals surface area contributed by atoms with E-state index >= 15 is 0 Å². The lowest BCUT2D eigenvalue weighted by Gasteiger charge is -2.21. The smallest absolute Gasteiger partial charge is 0.322 e.